The molecule has 2 heteroatoms. The topological polar surface area (TPSA) is 8.29 Å². The molecule has 7 aromatic rings. The van der Waals surface area contributed by atoms with Crippen LogP contribution in [0.2, 0.25) is 0 Å². The van der Waals surface area contributed by atoms with Crippen LogP contribution in [0.25, 0.3) is 60.1 Å². The minimum Gasteiger partial charge on any atom is -0.307 e. The maximum Gasteiger partial charge on any atom is 0.224 e. The molecule has 3 heterocycles. The van der Waals surface area contributed by atoms with Crippen LogP contribution in [0, 0.1) is 13.8 Å². The number of nitrogens with zero attached hydrogens (tertiary/aromatic N) is 2. The highest BCUT2D eigenvalue weighted by atomic mass is 15.0. The molecule has 3 aromatic heterocycles. The van der Waals surface area contributed by atoms with Crippen LogP contribution >= 0.6 is 0 Å². The van der Waals surface area contributed by atoms with Gasteiger partial charge in [0.15, 0.2) is 6.20 Å². The van der Waals surface area contributed by atoms with E-state index in [2.05, 4.69) is 153 Å². The van der Waals surface area contributed by atoms with E-state index >= 15 is 0 Å². The average Bonchev–Trinajstić information content (AvgIpc) is 3.30. The molecule has 45 heavy (non-hydrogen) atoms. The quantitative estimate of drug-likeness (QED) is 0.109. The molecular weight excluding hydrogens is 544 g/mol. The van der Waals surface area contributed by atoms with Crippen LogP contribution in [0.5, 0.6) is 0 Å². The fourth-order valence-corrected chi connectivity index (χ4v) is 7.80. The van der Waals surface area contributed by atoms with Gasteiger partial charge in [0.1, 0.15) is 7.05 Å². The summed E-state index contributed by atoms with van der Waals surface area (Å²) in [5.41, 5.74) is 16.5. The van der Waals surface area contributed by atoms with Crippen molar-refractivity contribution in [2.75, 3.05) is 0 Å². The van der Waals surface area contributed by atoms with Gasteiger partial charge in [0.2, 0.25) is 5.52 Å². The molecule has 0 aliphatic carbocycles. The van der Waals surface area contributed by atoms with Crippen molar-refractivity contribution in [3.63, 3.8) is 0 Å². The second-order valence-corrected chi connectivity index (χ2v) is 15.7. The predicted molar refractivity (Wildman–Crippen MR) is 196 cm³/mol. The van der Waals surface area contributed by atoms with E-state index in [9.17, 15) is 0 Å². The van der Waals surface area contributed by atoms with Gasteiger partial charge < -0.3 is 4.40 Å². The summed E-state index contributed by atoms with van der Waals surface area (Å²) < 4.78 is 4.97. The summed E-state index contributed by atoms with van der Waals surface area (Å²) >= 11 is 0. The SMILES string of the molecule is Cc1cc2c3ccc(C(C)(C)C)cc3n3c4cc(-c5c(C(C)C)cc(C(C)C)cc5C(C)C)cc5cc[n+](C)c(c(c1C)c23)c54. The molecule has 0 saturated heterocycles. The summed E-state index contributed by atoms with van der Waals surface area (Å²) in [6.45, 7) is 25.6. The lowest BCUT2D eigenvalue weighted by Gasteiger charge is -2.24. The van der Waals surface area contributed by atoms with E-state index in [0.717, 1.165) is 0 Å². The Kier molecular flexibility index (Phi) is 6.65. The second-order valence-electron chi connectivity index (χ2n) is 15.7. The van der Waals surface area contributed by atoms with E-state index < -0.39 is 0 Å². The van der Waals surface area contributed by atoms with Crippen LogP contribution in [-0.4, -0.2) is 4.40 Å². The summed E-state index contributed by atoms with van der Waals surface area (Å²) in [4.78, 5) is 0. The first kappa shape index (κ1) is 29.8. The third-order valence-electron chi connectivity index (χ3n) is 10.6. The standard InChI is InChI=1S/C43H49N2/c1-23(2)29-19-33(24(3)4)39(34(20-29)25(5)6)30-18-28-15-16-44(12)42-38-27(8)26(7)17-35-32-14-13-31(43(9,10)11)22-36(32)45(41(35)38)37(21-30)40(28)42/h13-25H,1-12H3/q+1. The van der Waals surface area contributed by atoms with Gasteiger partial charge in [-0.1, -0.05) is 86.6 Å². The lowest BCUT2D eigenvalue weighted by atomic mass is 9.81. The smallest absolute Gasteiger partial charge is 0.224 e. The van der Waals surface area contributed by atoms with Crippen molar-refractivity contribution >= 4 is 49.0 Å². The number of hydrogen-bond acceptors (Lipinski definition) is 0. The molecule has 230 valence electrons. The van der Waals surface area contributed by atoms with E-state index in [4.69, 9.17) is 0 Å². The zero-order chi connectivity index (χ0) is 32.3. The van der Waals surface area contributed by atoms with E-state index in [0.29, 0.717) is 17.8 Å². The van der Waals surface area contributed by atoms with Gasteiger partial charge in [-0.15, -0.1) is 0 Å². The molecule has 4 aromatic carbocycles. The van der Waals surface area contributed by atoms with Gasteiger partial charge in [0, 0.05) is 16.8 Å². The van der Waals surface area contributed by atoms with Crippen molar-refractivity contribution in [1.82, 2.24) is 4.40 Å². The highest BCUT2D eigenvalue weighted by molar-refractivity contribution is 6.26. The number of aromatic nitrogens is 2. The number of fused-ring (bicyclic) bond motifs is 5. The molecule has 0 fully saturated rings. The third kappa shape index (κ3) is 4.32. The second kappa shape index (κ2) is 10.0. The minimum absolute atomic E-state index is 0.0618. The molecule has 0 atom stereocenters. The molecular formula is C43H49N2+. The Morgan fingerprint density at radius 3 is 1.96 bits per heavy atom. The molecule has 0 amide bonds. The van der Waals surface area contributed by atoms with E-state index in [1.165, 1.54) is 93.5 Å². The van der Waals surface area contributed by atoms with Crippen LogP contribution in [-0.2, 0) is 12.5 Å². The molecule has 2 nitrogen and oxygen atoms in total. The van der Waals surface area contributed by atoms with E-state index in [-0.39, 0.29) is 5.41 Å². The Morgan fingerprint density at radius 2 is 1.36 bits per heavy atom. The number of hydrogen-bond donors (Lipinski definition) is 0. The van der Waals surface area contributed by atoms with E-state index in [1.807, 2.05) is 0 Å². The van der Waals surface area contributed by atoms with Crippen molar-refractivity contribution in [1.29, 1.82) is 0 Å². The van der Waals surface area contributed by atoms with Crippen LogP contribution in [0.4, 0.5) is 0 Å². The zero-order valence-corrected chi connectivity index (χ0v) is 29.4. The van der Waals surface area contributed by atoms with Gasteiger partial charge in [0.05, 0.1) is 27.3 Å². The molecule has 0 aliphatic heterocycles. The van der Waals surface area contributed by atoms with Gasteiger partial charge in [-0.05, 0) is 111 Å². The summed E-state index contributed by atoms with van der Waals surface area (Å²) in [5, 5.41) is 6.72. The monoisotopic (exact) mass is 593 g/mol. The fourth-order valence-electron chi connectivity index (χ4n) is 7.80. The van der Waals surface area contributed by atoms with Gasteiger partial charge >= 0.3 is 0 Å². The summed E-state index contributed by atoms with van der Waals surface area (Å²) in [7, 11) is 2.22. The van der Waals surface area contributed by atoms with Crippen molar-refractivity contribution in [2.24, 2.45) is 7.05 Å². The molecule has 0 radical (unpaired) electrons. The van der Waals surface area contributed by atoms with Gasteiger partial charge in [-0.3, -0.25) is 0 Å². The normalized spacial score (nSPS) is 13.0. The van der Waals surface area contributed by atoms with Crippen molar-refractivity contribution in [3.05, 3.63) is 94.2 Å². The van der Waals surface area contributed by atoms with E-state index in [1.54, 1.807) is 0 Å². The maximum absolute atomic E-state index is 2.62. The Labute approximate surface area is 269 Å². The summed E-state index contributed by atoms with van der Waals surface area (Å²) in [6, 6.07) is 21.9. The summed E-state index contributed by atoms with van der Waals surface area (Å²) in [5.74, 6) is 1.34. The largest absolute Gasteiger partial charge is 0.307 e. The molecule has 0 bridgehead atoms. The molecule has 0 spiro atoms. The zero-order valence-electron chi connectivity index (χ0n) is 29.4. The number of aryl methyl sites for hydroxylation is 3. The average molecular weight is 594 g/mol. The lowest BCUT2D eigenvalue weighted by molar-refractivity contribution is -0.643. The van der Waals surface area contributed by atoms with Crippen molar-refractivity contribution in [2.45, 2.75) is 99.3 Å². The molecule has 0 unspecified atom stereocenters. The molecule has 0 aliphatic rings. The fraction of sp³-hybridized carbons (Fsp3) is 0.372. The first-order valence-corrected chi connectivity index (χ1v) is 16.9. The maximum atomic E-state index is 2.62. The number of rotatable bonds is 4. The highest BCUT2D eigenvalue weighted by Gasteiger charge is 2.27. The van der Waals surface area contributed by atoms with Crippen molar-refractivity contribution in [3.8, 4) is 11.1 Å². The van der Waals surface area contributed by atoms with Crippen LogP contribution in [0.3, 0.4) is 0 Å². The highest BCUT2D eigenvalue weighted by Crippen LogP contribution is 2.45. The van der Waals surface area contributed by atoms with Crippen LogP contribution < -0.4 is 4.57 Å². The predicted octanol–water partition coefficient (Wildman–Crippen LogP) is 11.8. The Bertz CT molecular complexity index is 2270. The van der Waals surface area contributed by atoms with Crippen molar-refractivity contribution < 1.29 is 4.57 Å². The number of pyridine rings is 2. The first-order valence-electron chi connectivity index (χ1n) is 16.9. The lowest BCUT2D eigenvalue weighted by Crippen LogP contribution is -2.29. The first-order chi connectivity index (χ1) is 21.2. The van der Waals surface area contributed by atoms with Gasteiger partial charge in [0.25, 0.3) is 0 Å². The Hall–Kier alpha value is -3.91. The van der Waals surface area contributed by atoms with Crippen LogP contribution in [0.15, 0.2) is 60.8 Å². The number of benzene rings is 4. The molecule has 7 rings (SSSR count). The Morgan fingerprint density at radius 1 is 0.689 bits per heavy atom. The van der Waals surface area contributed by atoms with Crippen LogP contribution in [0.1, 0.15) is 113 Å². The van der Waals surface area contributed by atoms with Gasteiger partial charge in [-0.2, -0.15) is 0 Å². The van der Waals surface area contributed by atoms with Gasteiger partial charge in [-0.25, -0.2) is 4.57 Å². The summed E-state index contributed by atoms with van der Waals surface area (Å²) in [6.07, 6.45) is 2.27. The molecule has 0 N–H and O–H groups in total. The minimum atomic E-state index is 0.0618. The molecule has 0 saturated carbocycles. The Balaban J connectivity index is 1.76. The third-order valence-corrected chi connectivity index (χ3v) is 10.6.